The highest BCUT2D eigenvalue weighted by molar-refractivity contribution is 5.70. The zero-order chi connectivity index (χ0) is 14.7. The number of anilines is 1. The SMILES string of the molecule is N#Cc1cccc(Cn2cncc2-c2cccnc2N)c1. The van der Waals surface area contributed by atoms with Gasteiger partial charge in [-0.2, -0.15) is 5.26 Å². The van der Waals surface area contributed by atoms with Crippen molar-refractivity contribution in [2.75, 3.05) is 5.73 Å². The molecular formula is C16H13N5. The van der Waals surface area contributed by atoms with Crippen LogP contribution in [-0.2, 0) is 6.54 Å². The summed E-state index contributed by atoms with van der Waals surface area (Å²) in [5, 5.41) is 8.96. The van der Waals surface area contributed by atoms with Gasteiger partial charge in [0.2, 0.25) is 0 Å². The molecule has 2 aromatic heterocycles. The van der Waals surface area contributed by atoms with Crippen molar-refractivity contribution >= 4 is 5.82 Å². The van der Waals surface area contributed by atoms with Crippen LogP contribution in [-0.4, -0.2) is 14.5 Å². The highest BCUT2D eigenvalue weighted by Crippen LogP contribution is 2.24. The number of pyridine rings is 1. The summed E-state index contributed by atoms with van der Waals surface area (Å²) in [7, 11) is 0. The van der Waals surface area contributed by atoms with Crippen LogP contribution in [0, 0.1) is 11.3 Å². The van der Waals surface area contributed by atoms with Crippen LogP contribution in [0.3, 0.4) is 0 Å². The largest absolute Gasteiger partial charge is 0.383 e. The molecule has 0 unspecified atom stereocenters. The van der Waals surface area contributed by atoms with E-state index in [1.54, 1.807) is 24.8 Å². The fraction of sp³-hybridized carbons (Fsp3) is 0.0625. The van der Waals surface area contributed by atoms with Crippen molar-refractivity contribution in [3.05, 3.63) is 66.2 Å². The molecule has 5 nitrogen and oxygen atoms in total. The summed E-state index contributed by atoms with van der Waals surface area (Å²) in [6, 6.07) is 13.4. The second-order valence-corrected chi connectivity index (χ2v) is 4.66. The molecule has 0 aliphatic rings. The van der Waals surface area contributed by atoms with Crippen molar-refractivity contribution in [1.82, 2.24) is 14.5 Å². The predicted octanol–water partition coefficient (Wildman–Crippen LogP) is 2.45. The minimum Gasteiger partial charge on any atom is -0.383 e. The topological polar surface area (TPSA) is 80.5 Å². The molecule has 2 heterocycles. The van der Waals surface area contributed by atoms with Crippen molar-refractivity contribution in [3.8, 4) is 17.3 Å². The van der Waals surface area contributed by atoms with Gasteiger partial charge in [0.1, 0.15) is 5.82 Å². The van der Waals surface area contributed by atoms with Gasteiger partial charge in [0.05, 0.1) is 29.9 Å². The first-order valence-corrected chi connectivity index (χ1v) is 6.48. The molecule has 0 atom stereocenters. The van der Waals surface area contributed by atoms with Crippen molar-refractivity contribution < 1.29 is 0 Å². The van der Waals surface area contributed by atoms with Crippen LogP contribution in [0.4, 0.5) is 5.82 Å². The lowest BCUT2D eigenvalue weighted by molar-refractivity contribution is 0.804. The Morgan fingerprint density at radius 1 is 1.24 bits per heavy atom. The molecule has 2 N–H and O–H groups in total. The lowest BCUT2D eigenvalue weighted by atomic mass is 10.1. The molecule has 0 radical (unpaired) electrons. The van der Waals surface area contributed by atoms with E-state index in [9.17, 15) is 0 Å². The maximum Gasteiger partial charge on any atom is 0.132 e. The third kappa shape index (κ3) is 2.60. The van der Waals surface area contributed by atoms with Gasteiger partial charge in [0, 0.05) is 18.3 Å². The molecule has 0 spiro atoms. The Balaban J connectivity index is 1.97. The van der Waals surface area contributed by atoms with Crippen molar-refractivity contribution in [1.29, 1.82) is 5.26 Å². The lowest BCUT2D eigenvalue weighted by Gasteiger charge is -2.10. The van der Waals surface area contributed by atoms with E-state index < -0.39 is 0 Å². The molecule has 0 saturated carbocycles. The van der Waals surface area contributed by atoms with E-state index in [2.05, 4.69) is 16.0 Å². The lowest BCUT2D eigenvalue weighted by Crippen LogP contribution is -2.02. The van der Waals surface area contributed by atoms with E-state index in [1.165, 1.54) is 0 Å². The summed E-state index contributed by atoms with van der Waals surface area (Å²) >= 11 is 0. The molecule has 0 amide bonds. The fourth-order valence-corrected chi connectivity index (χ4v) is 2.24. The number of hydrogen-bond donors (Lipinski definition) is 1. The second-order valence-electron chi connectivity index (χ2n) is 4.66. The first kappa shape index (κ1) is 12.9. The van der Waals surface area contributed by atoms with Gasteiger partial charge in [0.15, 0.2) is 0 Å². The van der Waals surface area contributed by atoms with Crippen LogP contribution in [0.5, 0.6) is 0 Å². The van der Waals surface area contributed by atoms with Crippen LogP contribution in [0.2, 0.25) is 0 Å². The smallest absolute Gasteiger partial charge is 0.132 e. The highest BCUT2D eigenvalue weighted by atomic mass is 15.0. The molecule has 0 aliphatic heterocycles. The van der Waals surface area contributed by atoms with Gasteiger partial charge in [-0.3, -0.25) is 0 Å². The number of aromatic nitrogens is 3. The summed E-state index contributed by atoms with van der Waals surface area (Å²) in [6.07, 6.45) is 5.18. The minimum atomic E-state index is 0.477. The van der Waals surface area contributed by atoms with E-state index >= 15 is 0 Å². The van der Waals surface area contributed by atoms with E-state index in [1.807, 2.05) is 34.9 Å². The zero-order valence-electron chi connectivity index (χ0n) is 11.3. The molecule has 5 heteroatoms. The third-order valence-electron chi connectivity index (χ3n) is 3.24. The van der Waals surface area contributed by atoms with Gasteiger partial charge in [-0.1, -0.05) is 12.1 Å². The average Bonchev–Trinajstić information content (AvgIpc) is 2.96. The molecule has 0 bridgehead atoms. The standard InChI is InChI=1S/C16H13N5/c17-8-12-3-1-4-13(7-12)10-21-11-19-9-15(21)14-5-2-6-20-16(14)18/h1-7,9,11H,10H2,(H2,18,20). The average molecular weight is 275 g/mol. The maximum absolute atomic E-state index is 8.96. The Labute approximate surface area is 122 Å². The molecule has 0 saturated heterocycles. The molecule has 3 rings (SSSR count). The van der Waals surface area contributed by atoms with Gasteiger partial charge in [0.25, 0.3) is 0 Å². The third-order valence-corrected chi connectivity index (χ3v) is 3.24. The summed E-state index contributed by atoms with van der Waals surface area (Å²) in [4.78, 5) is 8.30. The normalized spacial score (nSPS) is 10.2. The van der Waals surface area contributed by atoms with Crippen LogP contribution >= 0.6 is 0 Å². The number of nitriles is 1. The van der Waals surface area contributed by atoms with Crippen LogP contribution in [0.1, 0.15) is 11.1 Å². The Morgan fingerprint density at radius 2 is 2.14 bits per heavy atom. The predicted molar refractivity (Wildman–Crippen MR) is 80.1 cm³/mol. The zero-order valence-corrected chi connectivity index (χ0v) is 11.3. The van der Waals surface area contributed by atoms with Crippen molar-refractivity contribution in [2.45, 2.75) is 6.54 Å². The van der Waals surface area contributed by atoms with Gasteiger partial charge in [-0.05, 0) is 29.8 Å². The van der Waals surface area contributed by atoms with Gasteiger partial charge < -0.3 is 10.3 Å². The van der Waals surface area contributed by atoms with Gasteiger partial charge >= 0.3 is 0 Å². The van der Waals surface area contributed by atoms with Crippen molar-refractivity contribution in [3.63, 3.8) is 0 Å². The quantitative estimate of drug-likeness (QED) is 0.796. The van der Waals surface area contributed by atoms with E-state index in [0.29, 0.717) is 17.9 Å². The molecule has 102 valence electrons. The van der Waals surface area contributed by atoms with E-state index in [0.717, 1.165) is 16.8 Å². The summed E-state index contributed by atoms with van der Waals surface area (Å²) in [6.45, 7) is 0.624. The fourth-order valence-electron chi connectivity index (χ4n) is 2.24. The number of nitrogens with zero attached hydrogens (tertiary/aromatic N) is 4. The number of nitrogens with two attached hydrogens (primary N) is 1. The summed E-state index contributed by atoms with van der Waals surface area (Å²) in [5.41, 5.74) is 9.37. The second kappa shape index (κ2) is 5.47. The number of benzene rings is 1. The maximum atomic E-state index is 8.96. The Morgan fingerprint density at radius 3 is 2.95 bits per heavy atom. The highest BCUT2D eigenvalue weighted by Gasteiger charge is 2.09. The van der Waals surface area contributed by atoms with Crippen LogP contribution < -0.4 is 5.73 Å². The number of nitrogen functional groups attached to an aromatic ring is 1. The van der Waals surface area contributed by atoms with Gasteiger partial charge in [-0.15, -0.1) is 0 Å². The summed E-state index contributed by atoms with van der Waals surface area (Å²) in [5.74, 6) is 0.477. The number of imidazole rings is 1. The Kier molecular flexibility index (Phi) is 3.36. The first-order chi connectivity index (χ1) is 10.3. The number of hydrogen-bond acceptors (Lipinski definition) is 4. The molecular weight excluding hydrogens is 262 g/mol. The Hall–Kier alpha value is -3.13. The van der Waals surface area contributed by atoms with Crippen LogP contribution in [0.25, 0.3) is 11.3 Å². The molecule has 0 aliphatic carbocycles. The molecule has 21 heavy (non-hydrogen) atoms. The molecule has 3 aromatic rings. The molecule has 1 aromatic carbocycles. The van der Waals surface area contributed by atoms with Crippen LogP contribution in [0.15, 0.2) is 55.1 Å². The number of rotatable bonds is 3. The summed E-state index contributed by atoms with van der Waals surface area (Å²) < 4.78 is 1.99. The van der Waals surface area contributed by atoms with Crippen molar-refractivity contribution in [2.24, 2.45) is 0 Å². The monoisotopic (exact) mass is 275 g/mol. The first-order valence-electron chi connectivity index (χ1n) is 6.48. The van der Waals surface area contributed by atoms with Gasteiger partial charge in [-0.25, -0.2) is 9.97 Å². The Bertz CT molecular complexity index is 813. The molecule has 0 fully saturated rings. The van der Waals surface area contributed by atoms with E-state index in [-0.39, 0.29) is 0 Å². The minimum absolute atomic E-state index is 0.477. The van der Waals surface area contributed by atoms with E-state index in [4.69, 9.17) is 11.0 Å².